The molecule has 0 bridgehead atoms. The third kappa shape index (κ3) is 4.23. The van der Waals surface area contributed by atoms with Crippen LogP contribution in [0.25, 0.3) is 0 Å². The summed E-state index contributed by atoms with van der Waals surface area (Å²) in [5.41, 5.74) is 1.60. The Hall–Kier alpha value is -2.96. The quantitative estimate of drug-likeness (QED) is 0.687. The highest BCUT2D eigenvalue weighted by Gasteiger charge is 2.34. The molecule has 0 atom stereocenters. The van der Waals surface area contributed by atoms with E-state index in [0.717, 1.165) is 25.0 Å². The van der Waals surface area contributed by atoms with Crippen molar-refractivity contribution in [2.24, 2.45) is 7.05 Å². The lowest BCUT2D eigenvalue weighted by molar-refractivity contribution is -0.133. The molecule has 1 aromatic heterocycles. The van der Waals surface area contributed by atoms with E-state index in [0.29, 0.717) is 30.2 Å². The predicted octanol–water partition coefficient (Wildman–Crippen LogP) is 2.80. The number of carbonyl (C=O) groups is 2. The Morgan fingerprint density at radius 3 is 2.66 bits per heavy atom. The number of carbonyl (C=O) groups excluding carboxylic acids is 2. The van der Waals surface area contributed by atoms with E-state index < -0.39 is 0 Å². The minimum atomic E-state index is -0.159. The fraction of sp³-hybridized carbons (Fsp3) is 0.455. The van der Waals surface area contributed by atoms with Crippen molar-refractivity contribution in [3.05, 3.63) is 47.8 Å². The zero-order valence-electron chi connectivity index (χ0n) is 17.0. The average Bonchev–Trinajstić information content (AvgIpc) is 3.30. The number of aromatic nitrogens is 1. The van der Waals surface area contributed by atoms with Gasteiger partial charge in [0, 0.05) is 37.1 Å². The zero-order chi connectivity index (χ0) is 20.4. The van der Waals surface area contributed by atoms with Gasteiger partial charge in [-0.15, -0.1) is 0 Å². The summed E-state index contributed by atoms with van der Waals surface area (Å²) >= 11 is 0. The van der Waals surface area contributed by atoms with Crippen molar-refractivity contribution in [2.75, 3.05) is 19.9 Å². The second kappa shape index (κ2) is 8.19. The number of benzene rings is 1. The van der Waals surface area contributed by atoms with Gasteiger partial charge in [0.1, 0.15) is 6.54 Å². The van der Waals surface area contributed by atoms with Crippen molar-refractivity contribution < 1.29 is 19.1 Å². The first-order valence-corrected chi connectivity index (χ1v) is 10.2. The van der Waals surface area contributed by atoms with Crippen LogP contribution in [-0.4, -0.2) is 52.1 Å². The number of amides is 2. The van der Waals surface area contributed by atoms with E-state index in [4.69, 9.17) is 9.47 Å². The van der Waals surface area contributed by atoms with E-state index in [9.17, 15) is 9.59 Å². The molecule has 1 saturated carbocycles. The minimum Gasteiger partial charge on any atom is -0.454 e. The summed E-state index contributed by atoms with van der Waals surface area (Å²) in [4.78, 5) is 29.8. The Labute approximate surface area is 170 Å². The maximum Gasteiger partial charge on any atom is 0.254 e. The van der Waals surface area contributed by atoms with Crippen molar-refractivity contribution in [3.8, 4) is 11.5 Å². The lowest BCUT2D eigenvalue weighted by Crippen LogP contribution is -2.44. The molecule has 0 spiro atoms. The van der Waals surface area contributed by atoms with Gasteiger partial charge < -0.3 is 23.8 Å². The second-order valence-corrected chi connectivity index (χ2v) is 7.66. The molecule has 1 aliphatic heterocycles. The van der Waals surface area contributed by atoms with Gasteiger partial charge in [-0.05, 0) is 49.6 Å². The normalized spacial score (nSPS) is 14.7. The molecule has 2 aromatic rings. The summed E-state index contributed by atoms with van der Waals surface area (Å²) in [6.07, 6.45) is 4.82. The van der Waals surface area contributed by atoms with Crippen LogP contribution in [0.15, 0.2) is 36.5 Å². The molecular weight excluding hydrogens is 370 g/mol. The van der Waals surface area contributed by atoms with Crippen LogP contribution in [0, 0.1) is 0 Å². The van der Waals surface area contributed by atoms with Crippen molar-refractivity contribution in [1.82, 2.24) is 14.4 Å². The average molecular weight is 397 g/mol. The number of hydrogen-bond donors (Lipinski definition) is 0. The van der Waals surface area contributed by atoms with Gasteiger partial charge in [0.25, 0.3) is 5.91 Å². The summed E-state index contributed by atoms with van der Waals surface area (Å²) < 4.78 is 12.7. The van der Waals surface area contributed by atoms with Gasteiger partial charge in [0.05, 0.1) is 6.54 Å². The standard InChI is InChI=1S/C22H27N3O4/c1-3-10-24(22(27)16-6-9-19-20(12-16)29-15-28-19)14-21(26)25(17-7-8-17)13-18-5-4-11-23(18)2/h4-6,9,11-12,17H,3,7-8,10,13-15H2,1-2H3. The molecule has 0 N–H and O–H groups in total. The molecular formula is C22H27N3O4. The fourth-order valence-electron chi connectivity index (χ4n) is 3.63. The first kappa shape index (κ1) is 19.4. The van der Waals surface area contributed by atoms with Gasteiger partial charge in [0.2, 0.25) is 12.7 Å². The summed E-state index contributed by atoms with van der Waals surface area (Å²) in [5, 5.41) is 0. The van der Waals surface area contributed by atoms with E-state index in [-0.39, 0.29) is 31.2 Å². The van der Waals surface area contributed by atoms with Crippen LogP contribution >= 0.6 is 0 Å². The van der Waals surface area contributed by atoms with Crippen molar-refractivity contribution >= 4 is 11.8 Å². The van der Waals surface area contributed by atoms with Gasteiger partial charge in [0.15, 0.2) is 11.5 Å². The Kier molecular flexibility index (Phi) is 5.47. The van der Waals surface area contributed by atoms with E-state index in [2.05, 4.69) is 0 Å². The summed E-state index contributed by atoms with van der Waals surface area (Å²) in [6, 6.07) is 9.46. The summed E-state index contributed by atoms with van der Waals surface area (Å²) in [6.45, 7) is 3.36. The van der Waals surface area contributed by atoms with E-state index >= 15 is 0 Å². The second-order valence-electron chi connectivity index (χ2n) is 7.66. The molecule has 1 aliphatic carbocycles. The van der Waals surface area contributed by atoms with E-state index in [1.807, 2.05) is 41.8 Å². The van der Waals surface area contributed by atoms with Crippen molar-refractivity contribution in [3.63, 3.8) is 0 Å². The Morgan fingerprint density at radius 2 is 1.97 bits per heavy atom. The molecule has 29 heavy (non-hydrogen) atoms. The highest BCUT2D eigenvalue weighted by atomic mass is 16.7. The van der Waals surface area contributed by atoms with Gasteiger partial charge >= 0.3 is 0 Å². The molecule has 7 heteroatoms. The molecule has 2 amide bonds. The van der Waals surface area contributed by atoms with E-state index in [1.54, 1.807) is 23.1 Å². The van der Waals surface area contributed by atoms with Crippen LogP contribution in [0.1, 0.15) is 42.2 Å². The highest BCUT2D eigenvalue weighted by Crippen LogP contribution is 2.33. The molecule has 0 radical (unpaired) electrons. The molecule has 2 heterocycles. The van der Waals surface area contributed by atoms with Gasteiger partial charge in [-0.2, -0.15) is 0 Å². The third-order valence-corrected chi connectivity index (χ3v) is 5.42. The highest BCUT2D eigenvalue weighted by molar-refractivity contribution is 5.97. The Balaban J connectivity index is 1.48. The molecule has 1 fully saturated rings. The number of aryl methyl sites for hydroxylation is 1. The number of nitrogens with zero attached hydrogens (tertiary/aromatic N) is 3. The fourth-order valence-corrected chi connectivity index (χ4v) is 3.63. The van der Waals surface area contributed by atoms with Crippen LogP contribution < -0.4 is 9.47 Å². The third-order valence-electron chi connectivity index (χ3n) is 5.42. The number of fused-ring (bicyclic) bond motifs is 1. The monoisotopic (exact) mass is 397 g/mol. The van der Waals surface area contributed by atoms with Crippen molar-refractivity contribution in [2.45, 2.75) is 38.8 Å². The molecule has 7 nitrogen and oxygen atoms in total. The van der Waals surface area contributed by atoms with E-state index in [1.165, 1.54) is 0 Å². The van der Waals surface area contributed by atoms with Crippen LogP contribution in [0.4, 0.5) is 0 Å². The van der Waals surface area contributed by atoms with Crippen LogP contribution in [0.2, 0.25) is 0 Å². The minimum absolute atomic E-state index is 0.00348. The lowest BCUT2D eigenvalue weighted by Gasteiger charge is -2.28. The van der Waals surface area contributed by atoms with Gasteiger partial charge in [-0.1, -0.05) is 6.92 Å². The largest absolute Gasteiger partial charge is 0.454 e. The maximum atomic E-state index is 13.1. The molecule has 1 aromatic carbocycles. The first-order valence-electron chi connectivity index (χ1n) is 10.2. The summed E-state index contributed by atoms with van der Waals surface area (Å²) in [7, 11) is 1.98. The van der Waals surface area contributed by atoms with Crippen LogP contribution in [0.3, 0.4) is 0 Å². The van der Waals surface area contributed by atoms with Crippen molar-refractivity contribution in [1.29, 1.82) is 0 Å². The SMILES string of the molecule is CCCN(CC(=O)N(Cc1cccn1C)C1CC1)C(=O)c1ccc2c(c1)OCO2. The number of ether oxygens (including phenoxy) is 2. The van der Waals surface area contributed by atoms with Gasteiger partial charge in [-0.3, -0.25) is 9.59 Å². The molecule has 2 aliphatic rings. The Bertz CT molecular complexity index is 903. The maximum absolute atomic E-state index is 13.1. The number of hydrogen-bond acceptors (Lipinski definition) is 4. The summed E-state index contributed by atoms with van der Waals surface area (Å²) in [5.74, 6) is 1.05. The predicted molar refractivity (Wildman–Crippen MR) is 108 cm³/mol. The zero-order valence-corrected chi connectivity index (χ0v) is 17.0. The smallest absolute Gasteiger partial charge is 0.254 e. The number of rotatable bonds is 8. The lowest BCUT2D eigenvalue weighted by atomic mass is 10.1. The van der Waals surface area contributed by atoms with Gasteiger partial charge in [-0.25, -0.2) is 0 Å². The topological polar surface area (TPSA) is 64.0 Å². The molecule has 0 saturated heterocycles. The van der Waals surface area contributed by atoms with Crippen LogP contribution in [0.5, 0.6) is 11.5 Å². The molecule has 0 unspecified atom stereocenters. The molecule has 4 rings (SSSR count). The van der Waals surface area contributed by atoms with Crippen LogP contribution in [-0.2, 0) is 18.4 Å². The Morgan fingerprint density at radius 1 is 1.17 bits per heavy atom. The first-order chi connectivity index (χ1) is 14.1. The molecule has 154 valence electrons.